The first-order valence-corrected chi connectivity index (χ1v) is 16.1. The Morgan fingerprint density at radius 1 is 0.333 bits per heavy atom. The van der Waals surface area contributed by atoms with E-state index in [-0.39, 0.29) is 0 Å². The van der Waals surface area contributed by atoms with Gasteiger partial charge in [-0.2, -0.15) is 0 Å². The Kier molecular flexibility index (Phi) is 6.77. The second-order valence-electron chi connectivity index (χ2n) is 11.6. The monoisotopic (exact) mass is 574 g/mol. The molecule has 214 valence electrons. The summed E-state index contributed by atoms with van der Waals surface area (Å²) in [4.78, 5) is 0. The van der Waals surface area contributed by atoms with Crippen molar-refractivity contribution >= 4 is 32.3 Å². The molecule has 0 unspecified atom stereocenters. The highest BCUT2D eigenvalue weighted by molar-refractivity contribution is 6.22. The predicted molar refractivity (Wildman–Crippen MR) is 195 cm³/mol. The van der Waals surface area contributed by atoms with Crippen molar-refractivity contribution in [2.75, 3.05) is 0 Å². The van der Waals surface area contributed by atoms with E-state index in [9.17, 15) is 0 Å². The molecule has 8 aromatic carbocycles. The lowest BCUT2D eigenvalue weighted by atomic mass is 9.84. The molecule has 0 spiro atoms. The fraction of sp³-hybridized carbons (Fsp3) is 0.0667. The van der Waals surface area contributed by atoms with E-state index in [1.807, 2.05) is 13.8 Å². The number of fused-ring (bicyclic) bond motifs is 6. The average Bonchev–Trinajstić information content (AvgIpc) is 3.51. The third-order valence-corrected chi connectivity index (χ3v) is 9.33. The second-order valence-corrected chi connectivity index (χ2v) is 11.6. The van der Waals surface area contributed by atoms with E-state index in [0.717, 1.165) is 6.42 Å². The van der Waals surface area contributed by atoms with Crippen molar-refractivity contribution in [1.82, 2.24) is 0 Å². The summed E-state index contributed by atoms with van der Waals surface area (Å²) in [7, 11) is 0. The van der Waals surface area contributed by atoms with Crippen LogP contribution in [0.5, 0.6) is 0 Å². The number of rotatable bonds is 3. The van der Waals surface area contributed by atoms with E-state index in [1.165, 1.54) is 88.0 Å². The largest absolute Gasteiger partial charge is 0.0683 e. The van der Waals surface area contributed by atoms with Gasteiger partial charge in [0.15, 0.2) is 0 Å². The molecule has 0 radical (unpaired) electrons. The van der Waals surface area contributed by atoms with Gasteiger partial charge in [0.05, 0.1) is 0 Å². The van der Waals surface area contributed by atoms with Gasteiger partial charge in [-0.1, -0.05) is 172 Å². The fourth-order valence-electron chi connectivity index (χ4n) is 7.41. The minimum absolute atomic E-state index is 0.974. The van der Waals surface area contributed by atoms with E-state index in [1.54, 1.807) is 0 Å². The Morgan fingerprint density at radius 3 is 1.51 bits per heavy atom. The highest BCUT2D eigenvalue weighted by Gasteiger charge is 2.24. The van der Waals surface area contributed by atoms with Crippen LogP contribution in [0.15, 0.2) is 158 Å². The van der Waals surface area contributed by atoms with Gasteiger partial charge in [-0.15, -0.1) is 0 Å². The van der Waals surface area contributed by atoms with Gasteiger partial charge < -0.3 is 0 Å². The molecule has 0 saturated carbocycles. The number of hydrogen-bond donors (Lipinski definition) is 0. The van der Waals surface area contributed by atoms with Crippen molar-refractivity contribution in [2.45, 2.75) is 20.3 Å². The third-order valence-electron chi connectivity index (χ3n) is 9.33. The molecule has 0 atom stereocenters. The molecule has 0 fully saturated rings. The molecule has 1 aliphatic rings. The molecule has 8 aromatic rings. The summed E-state index contributed by atoms with van der Waals surface area (Å²) in [5.41, 5.74) is 13.3. The SMILES string of the molecule is CC.c1ccc2c(c1)Cc1c-2cccc1-c1c2ccccc2c(-c2ccc(-c3cccc4ccccc34)cc2)c2ccccc12. The fourth-order valence-corrected chi connectivity index (χ4v) is 7.41. The Labute approximate surface area is 265 Å². The summed E-state index contributed by atoms with van der Waals surface area (Å²) >= 11 is 0. The van der Waals surface area contributed by atoms with E-state index < -0.39 is 0 Å². The van der Waals surface area contributed by atoms with Crippen LogP contribution < -0.4 is 0 Å². The molecule has 0 aromatic heterocycles. The number of benzene rings is 8. The van der Waals surface area contributed by atoms with Crippen LogP contribution >= 0.6 is 0 Å². The van der Waals surface area contributed by atoms with Gasteiger partial charge >= 0.3 is 0 Å². The van der Waals surface area contributed by atoms with Crippen molar-refractivity contribution < 1.29 is 0 Å². The lowest BCUT2D eigenvalue weighted by molar-refractivity contribution is 1.27. The second kappa shape index (κ2) is 11.2. The summed E-state index contributed by atoms with van der Waals surface area (Å²) in [6, 6.07) is 58.1. The zero-order valence-electron chi connectivity index (χ0n) is 25.7. The Balaban J connectivity index is 0.00000147. The number of hydrogen-bond acceptors (Lipinski definition) is 0. The minimum Gasteiger partial charge on any atom is -0.0683 e. The van der Waals surface area contributed by atoms with Crippen molar-refractivity contribution in [3.63, 3.8) is 0 Å². The maximum absolute atomic E-state index is 2.33. The van der Waals surface area contributed by atoms with Crippen molar-refractivity contribution in [3.05, 3.63) is 169 Å². The molecule has 1 aliphatic carbocycles. The smallest absolute Gasteiger partial charge is 0.000728 e. The molecule has 0 saturated heterocycles. The summed E-state index contributed by atoms with van der Waals surface area (Å²) in [5.74, 6) is 0. The maximum Gasteiger partial charge on any atom is -0.000728 e. The van der Waals surface area contributed by atoms with Crippen molar-refractivity contribution in [2.24, 2.45) is 0 Å². The van der Waals surface area contributed by atoms with Gasteiger partial charge in [0, 0.05) is 0 Å². The topological polar surface area (TPSA) is 0 Å². The molecule has 0 bridgehead atoms. The zero-order valence-corrected chi connectivity index (χ0v) is 25.7. The first kappa shape index (κ1) is 27.1. The molecule has 0 amide bonds. The van der Waals surface area contributed by atoms with Crippen molar-refractivity contribution in [3.8, 4) is 44.5 Å². The first-order valence-electron chi connectivity index (χ1n) is 16.1. The minimum atomic E-state index is 0.974. The maximum atomic E-state index is 2.33. The van der Waals surface area contributed by atoms with Crippen LogP contribution in [-0.4, -0.2) is 0 Å². The van der Waals surface area contributed by atoms with Crippen LogP contribution in [0, 0.1) is 0 Å². The molecule has 0 nitrogen and oxygen atoms in total. The van der Waals surface area contributed by atoms with Gasteiger partial charge in [0.1, 0.15) is 0 Å². The summed E-state index contributed by atoms with van der Waals surface area (Å²) < 4.78 is 0. The van der Waals surface area contributed by atoms with Gasteiger partial charge in [-0.05, 0) is 94.4 Å². The summed E-state index contributed by atoms with van der Waals surface area (Å²) in [6.07, 6.45) is 0.974. The van der Waals surface area contributed by atoms with Crippen LogP contribution in [0.3, 0.4) is 0 Å². The van der Waals surface area contributed by atoms with Gasteiger partial charge in [0.25, 0.3) is 0 Å². The first-order chi connectivity index (χ1) is 22.3. The van der Waals surface area contributed by atoms with E-state index in [0.29, 0.717) is 0 Å². The van der Waals surface area contributed by atoms with E-state index >= 15 is 0 Å². The van der Waals surface area contributed by atoms with Crippen LogP contribution in [0.1, 0.15) is 25.0 Å². The molecule has 9 rings (SSSR count). The molecule has 0 heteroatoms. The lowest BCUT2D eigenvalue weighted by Gasteiger charge is -2.19. The van der Waals surface area contributed by atoms with Crippen LogP contribution in [-0.2, 0) is 6.42 Å². The molecule has 0 N–H and O–H groups in total. The Bertz CT molecular complexity index is 2290. The van der Waals surface area contributed by atoms with Gasteiger partial charge in [-0.25, -0.2) is 0 Å². The summed E-state index contributed by atoms with van der Waals surface area (Å²) in [5, 5.41) is 7.75. The lowest BCUT2D eigenvalue weighted by Crippen LogP contribution is -1.94. The Morgan fingerprint density at radius 2 is 0.800 bits per heavy atom. The van der Waals surface area contributed by atoms with Crippen LogP contribution in [0.25, 0.3) is 76.8 Å². The quantitative estimate of drug-likeness (QED) is 0.184. The highest BCUT2D eigenvalue weighted by atomic mass is 14.3. The van der Waals surface area contributed by atoms with Crippen LogP contribution in [0.2, 0.25) is 0 Å². The van der Waals surface area contributed by atoms with Crippen LogP contribution in [0.4, 0.5) is 0 Å². The Hall–Kier alpha value is -5.46. The molecular weight excluding hydrogens is 540 g/mol. The third kappa shape index (κ3) is 4.37. The standard InChI is InChI=1S/C43H28.C2H6/c1-3-14-32-28(11-1)13-9-20-33(32)29-23-25-30(26-24-29)42-36-16-5-7-18-38(36)43(39-19-8-6-17-37(39)42)40-22-10-21-35-34-15-4-2-12-31(34)27-41(35)40;1-2/h1-26H,27H2;1-2H3. The van der Waals surface area contributed by atoms with E-state index in [4.69, 9.17) is 0 Å². The molecular formula is C45H34. The normalized spacial score (nSPS) is 11.7. The molecule has 0 heterocycles. The van der Waals surface area contributed by atoms with Gasteiger partial charge in [0.2, 0.25) is 0 Å². The van der Waals surface area contributed by atoms with E-state index in [2.05, 4.69) is 158 Å². The summed E-state index contributed by atoms with van der Waals surface area (Å²) in [6.45, 7) is 4.00. The zero-order chi connectivity index (χ0) is 30.3. The highest BCUT2D eigenvalue weighted by Crippen LogP contribution is 2.48. The molecule has 45 heavy (non-hydrogen) atoms. The predicted octanol–water partition coefficient (Wildman–Crippen LogP) is 12.7. The van der Waals surface area contributed by atoms with Gasteiger partial charge in [-0.3, -0.25) is 0 Å². The molecule has 0 aliphatic heterocycles. The van der Waals surface area contributed by atoms with Crippen molar-refractivity contribution in [1.29, 1.82) is 0 Å². The average molecular weight is 575 g/mol.